The Labute approximate surface area is 103 Å². The second kappa shape index (κ2) is 4.97. The van der Waals surface area contributed by atoms with Gasteiger partial charge in [-0.2, -0.15) is 10.1 Å². The maximum atomic E-state index is 11.8. The van der Waals surface area contributed by atoms with Crippen molar-refractivity contribution in [3.05, 3.63) is 29.8 Å². The molecular weight excluding hydrogens is 236 g/mol. The number of carbonyl (C=O) groups excluding carboxylic acids is 1. The number of para-hydroxylation sites is 1. The Balaban J connectivity index is 2.37. The first-order valence-corrected chi connectivity index (χ1v) is 5.34. The molecule has 94 valence electrons. The molecule has 1 aromatic rings. The number of anilines is 1. The number of hydrazone groups is 1. The number of carboxylic acids is 1. The highest BCUT2D eigenvalue weighted by molar-refractivity contribution is 6.15. The molecule has 6 nitrogen and oxygen atoms in total. The van der Waals surface area contributed by atoms with Crippen LogP contribution in [0.4, 0.5) is 5.69 Å². The zero-order valence-corrected chi connectivity index (χ0v) is 9.79. The predicted molar refractivity (Wildman–Crippen MR) is 64.8 cm³/mol. The fourth-order valence-electron chi connectivity index (χ4n) is 1.76. The Morgan fingerprint density at radius 1 is 1.50 bits per heavy atom. The van der Waals surface area contributed by atoms with Crippen LogP contribution in [0, 0.1) is 0 Å². The number of hydrogen-bond acceptors (Lipinski definition) is 4. The van der Waals surface area contributed by atoms with Gasteiger partial charge in [-0.05, 0) is 12.1 Å². The maximum Gasteiger partial charge on any atom is 0.337 e. The fourth-order valence-corrected chi connectivity index (χ4v) is 1.76. The highest BCUT2D eigenvalue weighted by Gasteiger charge is 2.27. The van der Waals surface area contributed by atoms with E-state index in [2.05, 4.69) is 5.10 Å². The number of carboxylic acid groups (broad SMARTS) is 1. The zero-order valence-electron chi connectivity index (χ0n) is 9.79. The summed E-state index contributed by atoms with van der Waals surface area (Å²) < 4.78 is 4.91. The second-order valence-corrected chi connectivity index (χ2v) is 3.80. The highest BCUT2D eigenvalue weighted by atomic mass is 16.5. The molecule has 0 unspecified atom stereocenters. The van der Waals surface area contributed by atoms with Crippen LogP contribution in [0.3, 0.4) is 0 Å². The Morgan fingerprint density at radius 2 is 2.22 bits per heavy atom. The molecule has 0 saturated carbocycles. The van der Waals surface area contributed by atoms with Gasteiger partial charge in [0.2, 0.25) is 0 Å². The summed E-state index contributed by atoms with van der Waals surface area (Å²) in [4.78, 5) is 22.9. The summed E-state index contributed by atoms with van der Waals surface area (Å²) in [5.74, 6) is -1.34. The van der Waals surface area contributed by atoms with Crippen molar-refractivity contribution in [2.45, 2.75) is 6.42 Å². The third-order valence-corrected chi connectivity index (χ3v) is 2.51. The molecular formula is C12H12N2O4. The zero-order chi connectivity index (χ0) is 13.1. The number of benzene rings is 1. The number of carbonyl (C=O) groups is 2. The van der Waals surface area contributed by atoms with E-state index in [1.165, 1.54) is 13.2 Å². The molecule has 0 saturated heterocycles. The van der Waals surface area contributed by atoms with Crippen LogP contribution in [-0.2, 0) is 9.53 Å². The van der Waals surface area contributed by atoms with Gasteiger partial charge < -0.3 is 9.84 Å². The third kappa shape index (κ3) is 2.23. The molecule has 1 aromatic carbocycles. The molecule has 0 radical (unpaired) electrons. The highest BCUT2D eigenvalue weighted by Crippen LogP contribution is 2.24. The van der Waals surface area contributed by atoms with Crippen molar-refractivity contribution in [2.24, 2.45) is 5.10 Å². The molecule has 0 atom stereocenters. The minimum atomic E-state index is -1.09. The van der Waals surface area contributed by atoms with Crippen LogP contribution in [0.1, 0.15) is 16.8 Å². The van der Waals surface area contributed by atoms with Crippen molar-refractivity contribution in [3.8, 4) is 0 Å². The van der Waals surface area contributed by atoms with Crippen LogP contribution in [-0.4, -0.2) is 36.4 Å². The number of amides is 1. The van der Waals surface area contributed by atoms with Gasteiger partial charge in [-0.1, -0.05) is 12.1 Å². The first kappa shape index (κ1) is 12.3. The largest absolute Gasteiger partial charge is 0.478 e. The van der Waals surface area contributed by atoms with Gasteiger partial charge in [0.05, 0.1) is 30.0 Å². The standard InChI is InChI=1S/C12H12N2O4/c1-18-7-8-6-11(15)14(13-8)10-5-3-2-4-9(10)12(16)17/h2-5H,6-7H2,1H3,(H,16,17). The van der Waals surface area contributed by atoms with Gasteiger partial charge in [-0.25, -0.2) is 4.79 Å². The molecule has 1 amide bonds. The number of nitrogens with zero attached hydrogens (tertiary/aromatic N) is 2. The summed E-state index contributed by atoms with van der Waals surface area (Å²) in [5.41, 5.74) is 0.914. The van der Waals surface area contributed by atoms with Crippen LogP contribution < -0.4 is 5.01 Å². The van der Waals surface area contributed by atoms with Crippen molar-refractivity contribution in [1.29, 1.82) is 0 Å². The molecule has 0 aliphatic carbocycles. The summed E-state index contributed by atoms with van der Waals surface area (Å²) in [6, 6.07) is 6.27. The summed E-state index contributed by atoms with van der Waals surface area (Å²) in [5, 5.41) is 14.3. The average molecular weight is 248 g/mol. The van der Waals surface area contributed by atoms with Gasteiger partial charge in [0.15, 0.2) is 0 Å². The van der Waals surface area contributed by atoms with Crippen LogP contribution in [0.5, 0.6) is 0 Å². The second-order valence-electron chi connectivity index (χ2n) is 3.80. The molecule has 0 fully saturated rings. The van der Waals surface area contributed by atoms with E-state index >= 15 is 0 Å². The Hall–Kier alpha value is -2.21. The van der Waals surface area contributed by atoms with Gasteiger partial charge in [0, 0.05) is 7.11 Å². The van der Waals surface area contributed by atoms with E-state index in [1.54, 1.807) is 18.2 Å². The van der Waals surface area contributed by atoms with Crippen molar-refractivity contribution >= 4 is 23.3 Å². The van der Waals surface area contributed by atoms with Gasteiger partial charge in [-0.3, -0.25) is 4.79 Å². The van der Waals surface area contributed by atoms with Crippen molar-refractivity contribution < 1.29 is 19.4 Å². The molecule has 1 N–H and O–H groups in total. The Kier molecular flexibility index (Phi) is 3.38. The lowest BCUT2D eigenvalue weighted by Crippen LogP contribution is -2.22. The van der Waals surface area contributed by atoms with E-state index in [0.717, 1.165) is 5.01 Å². The third-order valence-electron chi connectivity index (χ3n) is 2.51. The van der Waals surface area contributed by atoms with Crippen LogP contribution in [0.15, 0.2) is 29.4 Å². The lowest BCUT2D eigenvalue weighted by Gasteiger charge is -2.13. The minimum Gasteiger partial charge on any atom is -0.478 e. The molecule has 2 rings (SSSR count). The van der Waals surface area contributed by atoms with Crippen molar-refractivity contribution in [3.63, 3.8) is 0 Å². The molecule has 1 heterocycles. The molecule has 0 bridgehead atoms. The fraction of sp³-hybridized carbons (Fsp3) is 0.250. The molecule has 0 spiro atoms. The first-order valence-electron chi connectivity index (χ1n) is 5.34. The summed E-state index contributed by atoms with van der Waals surface area (Å²) in [6.07, 6.45) is 0.155. The summed E-state index contributed by atoms with van der Waals surface area (Å²) >= 11 is 0. The SMILES string of the molecule is COCC1=NN(c2ccccc2C(=O)O)C(=O)C1. The number of aromatic carboxylic acids is 1. The quantitative estimate of drug-likeness (QED) is 0.866. The van der Waals surface area contributed by atoms with Crippen LogP contribution in [0.2, 0.25) is 0 Å². The van der Waals surface area contributed by atoms with Gasteiger partial charge in [-0.15, -0.1) is 0 Å². The van der Waals surface area contributed by atoms with Crippen LogP contribution >= 0.6 is 0 Å². The lowest BCUT2D eigenvalue weighted by atomic mass is 10.1. The van der Waals surface area contributed by atoms with E-state index in [0.29, 0.717) is 5.71 Å². The van der Waals surface area contributed by atoms with E-state index in [4.69, 9.17) is 9.84 Å². The van der Waals surface area contributed by atoms with Gasteiger partial charge in [0.25, 0.3) is 5.91 Å². The number of hydrogen-bond donors (Lipinski definition) is 1. The molecule has 1 aliphatic rings. The predicted octanol–water partition coefficient (Wildman–Crippen LogP) is 1.12. The summed E-state index contributed by atoms with van der Waals surface area (Å²) in [7, 11) is 1.51. The van der Waals surface area contributed by atoms with Crippen molar-refractivity contribution in [1.82, 2.24) is 0 Å². The first-order chi connectivity index (χ1) is 8.63. The minimum absolute atomic E-state index is 0.0493. The number of methoxy groups -OCH3 is 1. The Morgan fingerprint density at radius 3 is 2.89 bits per heavy atom. The smallest absolute Gasteiger partial charge is 0.337 e. The van der Waals surface area contributed by atoms with E-state index < -0.39 is 5.97 Å². The van der Waals surface area contributed by atoms with Gasteiger partial charge >= 0.3 is 5.97 Å². The monoisotopic (exact) mass is 248 g/mol. The topological polar surface area (TPSA) is 79.2 Å². The maximum absolute atomic E-state index is 11.8. The average Bonchev–Trinajstić information content (AvgIpc) is 2.70. The molecule has 1 aliphatic heterocycles. The van der Waals surface area contributed by atoms with E-state index in [1.807, 2.05) is 0 Å². The van der Waals surface area contributed by atoms with E-state index in [9.17, 15) is 9.59 Å². The summed E-state index contributed by atoms with van der Waals surface area (Å²) in [6.45, 7) is 0.261. The van der Waals surface area contributed by atoms with Crippen LogP contribution in [0.25, 0.3) is 0 Å². The van der Waals surface area contributed by atoms with E-state index in [-0.39, 0.29) is 30.2 Å². The molecule has 18 heavy (non-hydrogen) atoms. The molecule has 6 heteroatoms. The molecule has 0 aromatic heterocycles. The van der Waals surface area contributed by atoms with Gasteiger partial charge in [0.1, 0.15) is 0 Å². The Bertz CT molecular complexity index is 525. The lowest BCUT2D eigenvalue weighted by molar-refractivity contribution is -0.116. The number of rotatable bonds is 4. The number of ether oxygens (including phenoxy) is 1. The normalized spacial score (nSPS) is 14.8. The van der Waals surface area contributed by atoms with Crippen molar-refractivity contribution in [2.75, 3.05) is 18.7 Å².